The molecule has 16 heavy (non-hydrogen) atoms. The summed E-state index contributed by atoms with van der Waals surface area (Å²) in [6.07, 6.45) is 1.25. The van der Waals surface area contributed by atoms with Gasteiger partial charge in [-0.15, -0.1) is 11.3 Å². The van der Waals surface area contributed by atoms with Crippen molar-refractivity contribution in [2.75, 3.05) is 0 Å². The molecule has 1 aromatic carbocycles. The molecule has 0 fully saturated rings. The van der Waals surface area contributed by atoms with E-state index in [9.17, 15) is 0 Å². The van der Waals surface area contributed by atoms with Crippen LogP contribution in [-0.4, -0.2) is 0 Å². The van der Waals surface area contributed by atoms with Crippen molar-refractivity contribution in [1.29, 1.82) is 0 Å². The van der Waals surface area contributed by atoms with Gasteiger partial charge in [-0.05, 0) is 46.4 Å². The van der Waals surface area contributed by atoms with E-state index in [1.807, 2.05) is 11.3 Å². The number of benzene rings is 1. The normalized spacial score (nSPS) is 23.4. The van der Waals surface area contributed by atoms with Crippen molar-refractivity contribution in [3.05, 3.63) is 46.8 Å². The number of hydrogen-bond acceptors (Lipinski definition) is 1. The van der Waals surface area contributed by atoms with Crippen LogP contribution in [0.3, 0.4) is 0 Å². The number of thiophene rings is 1. The van der Waals surface area contributed by atoms with Gasteiger partial charge in [0, 0.05) is 4.88 Å². The van der Waals surface area contributed by atoms with Crippen LogP contribution in [0, 0.1) is 5.92 Å². The Morgan fingerprint density at radius 2 is 2.06 bits per heavy atom. The maximum atomic E-state index is 2.39. The Kier molecular flexibility index (Phi) is 2.36. The maximum Gasteiger partial charge on any atom is 0.0342 e. The van der Waals surface area contributed by atoms with Crippen LogP contribution in [0.25, 0.3) is 10.4 Å². The summed E-state index contributed by atoms with van der Waals surface area (Å²) in [5.74, 6) is 1.53. The molecule has 1 aliphatic rings. The van der Waals surface area contributed by atoms with Crippen molar-refractivity contribution < 1.29 is 0 Å². The fraction of sp³-hybridized carbons (Fsp3) is 0.333. The molecule has 0 aliphatic heterocycles. The van der Waals surface area contributed by atoms with Crippen LogP contribution < -0.4 is 0 Å². The molecule has 1 aromatic heterocycles. The predicted molar refractivity (Wildman–Crippen MR) is 71.0 cm³/mol. The Hall–Kier alpha value is -1.08. The lowest BCUT2D eigenvalue weighted by Crippen LogP contribution is -1.97. The lowest BCUT2D eigenvalue weighted by Gasteiger charge is -2.09. The monoisotopic (exact) mass is 228 g/mol. The summed E-state index contributed by atoms with van der Waals surface area (Å²) in [5.41, 5.74) is 4.51. The quantitative estimate of drug-likeness (QED) is 0.663. The minimum absolute atomic E-state index is 0.729. The molecule has 0 N–H and O–H groups in total. The zero-order valence-corrected chi connectivity index (χ0v) is 10.6. The molecule has 82 valence electrons. The zero-order valence-electron chi connectivity index (χ0n) is 9.73. The van der Waals surface area contributed by atoms with Crippen molar-refractivity contribution in [1.82, 2.24) is 0 Å². The Morgan fingerprint density at radius 3 is 2.81 bits per heavy atom. The van der Waals surface area contributed by atoms with Gasteiger partial charge in [0.25, 0.3) is 0 Å². The van der Waals surface area contributed by atoms with Crippen LogP contribution >= 0.6 is 11.3 Å². The Bertz CT molecular complexity index is 496. The zero-order chi connectivity index (χ0) is 11.1. The first-order valence-corrected chi connectivity index (χ1v) is 6.80. The van der Waals surface area contributed by atoms with Crippen molar-refractivity contribution >= 4 is 11.3 Å². The molecule has 0 bridgehead atoms. The minimum atomic E-state index is 0.729. The van der Waals surface area contributed by atoms with Crippen LogP contribution in [0.1, 0.15) is 30.9 Å². The van der Waals surface area contributed by atoms with Gasteiger partial charge >= 0.3 is 0 Å². The highest BCUT2D eigenvalue weighted by molar-refractivity contribution is 7.13. The van der Waals surface area contributed by atoms with E-state index >= 15 is 0 Å². The van der Waals surface area contributed by atoms with Gasteiger partial charge < -0.3 is 0 Å². The second-order valence-corrected chi connectivity index (χ2v) is 5.81. The lowest BCUT2D eigenvalue weighted by molar-refractivity contribution is 0.532. The van der Waals surface area contributed by atoms with Gasteiger partial charge in [0.05, 0.1) is 0 Å². The summed E-state index contributed by atoms with van der Waals surface area (Å²) in [6, 6.07) is 11.3. The average molecular weight is 228 g/mol. The lowest BCUT2D eigenvalue weighted by atomic mass is 9.96. The van der Waals surface area contributed by atoms with Crippen LogP contribution in [0.15, 0.2) is 35.7 Å². The molecular formula is C15H16S. The first kappa shape index (κ1) is 10.1. The molecule has 2 unspecified atom stereocenters. The highest BCUT2D eigenvalue weighted by Crippen LogP contribution is 2.39. The summed E-state index contributed by atoms with van der Waals surface area (Å²) in [5, 5.41) is 2.15. The van der Waals surface area contributed by atoms with Crippen LogP contribution in [-0.2, 0) is 6.42 Å². The van der Waals surface area contributed by atoms with Crippen molar-refractivity contribution in [3.8, 4) is 10.4 Å². The Balaban J connectivity index is 2.05. The predicted octanol–water partition coefficient (Wildman–Crippen LogP) is 4.71. The fourth-order valence-electron chi connectivity index (χ4n) is 2.65. The van der Waals surface area contributed by atoms with E-state index in [2.05, 4.69) is 49.6 Å². The fourth-order valence-corrected chi connectivity index (χ4v) is 3.38. The summed E-state index contributed by atoms with van der Waals surface area (Å²) >= 11 is 1.82. The maximum absolute atomic E-state index is 2.39. The topological polar surface area (TPSA) is 0 Å². The minimum Gasteiger partial charge on any atom is -0.144 e. The molecule has 1 heterocycles. The van der Waals surface area contributed by atoms with Gasteiger partial charge in [0.1, 0.15) is 0 Å². The molecule has 0 saturated carbocycles. The molecule has 0 nitrogen and oxygen atoms in total. The van der Waals surface area contributed by atoms with E-state index in [4.69, 9.17) is 0 Å². The Morgan fingerprint density at radius 1 is 1.19 bits per heavy atom. The Labute approximate surface area is 101 Å². The first-order valence-electron chi connectivity index (χ1n) is 5.92. The number of fused-ring (bicyclic) bond motifs is 1. The SMILES string of the molecule is CC1Cc2cc(-c3cccs3)ccc2C1C. The van der Waals surface area contributed by atoms with E-state index in [-0.39, 0.29) is 0 Å². The molecule has 0 spiro atoms. The van der Waals surface area contributed by atoms with Gasteiger partial charge in [-0.25, -0.2) is 0 Å². The van der Waals surface area contributed by atoms with Gasteiger partial charge in [-0.1, -0.05) is 38.1 Å². The number of hydrogen-bond donors (Lipinski definition) is 0. The second kappa shape index (κ2) is 3.74. The van der Waals surface area contributed by atoms with Crippen LogP contribution in [0.5, 0.6) is 0 Å². The molecular weight excluding hydrogens is 212 g/mol. The van der Waals surface area contributed by atoms with E-state index in [1.54, 1.807) is 11.1 Å². The van der Waals surface area contributed by atoms with E-state index in [0.29, 0.717) is 0 Å². The molecule has 0 amide bonds. The van der Waals surface area contributed by atoms with Crippen molar-refractivity contribution in [3.63, 3.8) is 0 Å². The van der Waals surface area contributed by atoms with Gasteiger partial charge in [0.15, 0.2) is 0 Å². The molecule has 1 aliphatic carbocycles. The molecule has 0 radical (unpaired) electrons. The smallest absolute Gasteiger partial charge is 0.0342 e. The molecule has 0 saturated heterocycles. The van der Waals surface area contributed by atoms with E-state index < -0.39 is 0 Å². The third-order valence-corrected chi connectivity index (χ3v) is 4.75. The summed E-state index contributed by atoms with van der Waals surface area (Å²) in [4.78, 5) is 1.38. The average Bonchev–Trinajstić information content (AvgIpc) is 2.88. The third-order valence-electron chi connectivity index (χ3n) is 3.83. The van der Waals surface area contributed by atoms with Gasteiger partial charge in [-0.2, -0.15) is 0 Å². The van der Waals surface area contributed by atoms with Gasteiger partial charge in [0.2, 0.25) is 0 Å². The van der Waals surface area contributed by atoms with E-state index in [0.717, 1.165) is 11.8 Å². The van der Waals surface area contributed by atoms with Gasteiger partial charge in [-0.3, -0.25) is 0 Å². The summed E-state index contributed by atoms with van der Waals surface area (Å²) in [6.45, 7) is 4.71. The van der Waals surface area contributed by atoms with E-state index in [1.165, 1.54) is 16.9 Å². The molecule has 3 rings (SSSR count). The molecule has 1 heteroatoms. The largest absolute Gasteiger partial charge is 0.144 e. The summed E-state index contributed by atoms with van der Waals surface area (Å²) < 4.78 is 0. The second-order valence-electron chi connectivity index (χ2n) is 4.86. The van der Waals surface area contributed by atoms with Crippen molar-refractivity contribution in [2.24, 2.45) is 5.92 Å². The highest BCUT2D eigenvalue weighted by atomic mass is 32.1. The summed E-state index contributed by atoms with van der Waals surface area (Å²) in [7, 11) is 0. The number of rotatable bonds is 1. The van der Waals surface area contributed by atoms with Crippen LogP contribution in [0.4, 0.5) is 0 Å². The van der Waals surface area contributed by atoms with Crippen LogP contribution in [0.2, 0.25) is 0 Å². The standard InChI is InChI=1S/C15H16S/c1-10-8-13-9-12(15-4-3-7-16-15)5-6-14(13)11(10)2/h3-7,9-11H,8H2,1-2H3. The van der Waals surface area contributed by atoms with Crippen molar-refractivity contribution in [2.45, 2.75) is 26.2 Å². The highest BCUT2D eigenvalue weighted by Gasteiger charge is 2.25. The third kappa shape index (κ3) is 1.51. The molecule has 2 aromatic rings. The first-order chi connectivity index (χ1) is 7.75. The molecule has 2 atom stereocenters.